The molecule has 23 heavy (non-hydrogen) atoms. The summed E-state index contributed by atoms with van der Waals surface area (Å²) in [7, 11) is -3.77. The lowest BCUT2D eigenvalue weighted by Crippen LogP contribution is -2.31. The van der Waals surface area contributed by atoms with Crippen LogP contribution >= 0.6 is 0 Å². The number of halogens is 1. The first-order valence-electron chi connectivity index (χ1n) is 7.30. The Morgan fingerprint density at radius 2 is 1.83 bits per heavy atom. The molecule has 2 aromatic carbocycles. The van der Waals surface area contributed by atoms with Crippen molar-refractivity contribution >= 4 is 10.0 Å². The average molecular weight is 330 g/mol. The van der Waals surface area contributed by atoms with Gasteiger partial charge >= 0.3 is 0 Å². The second-order valence-electron chi connectivity index (χ2n) is 5.43. The molecule has 2 aromatic rings. The van der Waals surface area contributed by atoms with Crippen LogP contribution in [0.15, 0.2) is 53.4 Å². The molecule has 0 amide bonds. The van der Waals surface area contributed by atoms with Gasteiger partial charge in [0.05, 0.1) is 16.5 Å². The first kappa shape index (κ1) is 15.7. The number of benzene rings is 2. The van der Waals surface area contributed by atoms with Gasteiger partial charge in [-0.15, -0.1) is 0 Å². The lowest BCUT2D eigenvalue weighted by molar-refractivity contribution is 0.396. The lowest BCUT2D eigenvalue weighted by atomic mass is 10.1. The molecule has 0 radical (unpaired) electrons. The molecule has 0 spiro atoms. The van der Waals surface area contributed by atoms with Crippen molar-refractivity contribution in [3.63, 3.8) is 0 Å². The standard InChI is InChI=1S/C17H15FN2O2S/c18-15-9-7-13(8-10-15)16-5-3-11-20(16)23(21,22)17-6-2-1-4-14(17)12-19/h1-2,4,6-10,16H,3,5,11H2/t16-/m0/s1. The van der Waals surface area contributed by atoms with Crippen molar-refractivity contribution in [2.45, 2.75) is 23.8 Å². The molecule has 6 heteroatoms. The van der Waals surface area contributed by atoms with Gasteiger partial charge in [0.15, 0.2) is 0 Å². The van der Waals surface area contributed by atoms with E-state index < -0.39 is 10.0 Å². The van der Waals surface area contributed by atoms with Crippen molar-refractivity contribution in [2.75, 3.05) is 6.54 Å². The smallest absolute Gasteiger partial charge is 0.207 e. The van der Waals surface area contributed by atoms with Crippen LogP contribution in [0, 0.1) is 17.1 Å². The molecule has 1 aliphatic rings. The fraction of sp³-hybridized carbons (Fsp3) is 0.235. The van der Waals surface area contributed by atoms with E-state index in [-0.39, 0.29) is 22.3 Å². The Morgan fingerprint density at radius 1 is 1.13 bits per heavy atom. The van der Waals surface area contributed by atoms with Crippen LogP contribution in [0.5, 0.6) is 0 Å². The number of nitrogens with zero attached hydrogens (tertiary/aromatic N) is 2. The summed E-state index contributed by atoms with van der Waals surface area (Å²) in [6, 6.07) is 13.7. The molecule has 1 heterocycles. The van der Waals surface area contributed by atoms with E-state index in [4.69, 9.17) is 5.26 Å². The van der Waals surface area contributed by atoms with Gasteiger partial charge < -0.3 is 0 Å². The molecule has 0 bridgehead atoms. The zero-order valence-electron chi connectivity index (χ0n) is 12.3. The van der Waals surface area contributed by atoms with Crippen molar-refractivity contribution in [3.05, 3.63) is 65.5 Å². The molecule has 0 saturated carbocycles. The zero-order valence-corrected chi connectivity index (χ0v) is 13.1. The molecule has 0 aromatic heterocycles. The van der Waals surface area contributed by atoms with Gasteiger partial charge in [-0.2, -0.15) is 9.57 Å². The summed E-state index contributed by atoms with van der Waals surface area (Å²) >= 11 is 0. The van der Waals surface area contributed by atoms with Crippen LogP contribution in [0.25, 0.3) is 0 Å². The van der Waals surface area contributed by atoms with Crippen molar-refractivity contribution < 1.29 is 12.8 Å². The summed E-state index contributed by atoms with van der Waals surface area (Å²) in [5, 5.41) is 9.16. The van der Waals surface area contributed by atoms with Crippen LogP contribution in [0.2, 0.25) is 0 Å². The summed E-state index contributed by atoms with van der Waals surface area (Å²) in [5.74, 6) is -0.351. The molecule has 3 rings (SSSR count). The maximum Gasteiger partial charge on any atom is 0.244 e. The minimum absolute atomic E-state index is 0.0245. The van der Waals surface area contributed by atoms with E-state index in [0.29, 0.717) is 13.0 Å². The van der Waals surface area contributed by atoms with E-state index >= 15 is 0 Å². The predicted octanol–water partition coefficient (Wildman–Crippen LogP) is 3.22. The zero-order chi connectivity index (χ0) is 16.4. The quantitative estimate of drug-likeness (QED) is 0.868. The minimum Gasteiger partial charge on any atom is -0.207 e. The van der Waals surface area contributed by atoms with E-state index in [2.05, 4.69) is 0 Å². The van der Waals surface area contributed by atoms with Crippen LogP contribution < -0.4 is 0 Å². The third-order valence-corrected chi connectivity index (χ3v) is 6.02. The fourth-order valence-electron chi connectivity index (χ4n) is 2.96. The Kier molecular flexibility index (Phi) is 4.16. The van der Waals surface area contributed by atoms with E-state index in [1.54, 1.807) is 24.3 Å². The number of rotatable bonds is 3. The van der Waals surface area contributed by atoms with Gasteiger partial charge in [0.25, 0.3) is 0 Å². The largest absolute Gasteiger partial charge is 0.244 e. The van der Waals surface area contributed by atoms with Gasteiger partial charge in [-0.3, -0.25) is 0 Å². The molecule has 0 unspecified atom stereocenters. The van der Waals surface area contributed by atoms with E-state index in [0.717, 1.165) is 12.0 Å². The number of hydrogen-bond donors (Lipinski definition) is 0. The average Bonchev–Trinajstić information content (AvgIpc) is 3.06. The highest BCUT2D eigenvalue weighted by atomic mass is 32.2. The Balaban J connectivity index is 2.02. The second-order valence-corrected chi connectivity index (χ2v) is 7.29. The van der Waals surface area contributed by atoms with Crippen LogP contribution in [-0.4, -0.2) is 19.3 Å². The van der Waals surface area contributed by atoms with Gasteiger partial charge in [-0.05, 0) is 42.7 Å². The Morgan fingerprint density at radius 3 is 2.52 bits per heavy atom. The number of sulfonamides is 1. The van der Waals surface area contributed by atoms with Crippen LogP contribution in [0.4, 0.5) is 4.39 Å². The highest BCUT2D eigenvalue weighted by Gasteiger charge is 2.37. The summed E-state index contributed by atoms with van der Waals surface area (Å²) in [4.78, 5) is 0.0245. The number of nitriles is 1. The minimum atomic E-state index is -3.77. The molecule has 4 nitrogen and oxygen atoms in total. The Bertz CT molecular complexity index is 857. The summed E-state index contributed by atoms with van der Waals surface area (Å²) in [6.07, 6.45) is 1.41. The predicted molar refractivity (Wildman–Crippen MR) is 83.4 cm³/mol. The van der Waals surface area contributed by atoms with Crippen LogP contribution in [-0.2, 0) is 10.0 Å². The van der Waals surface area contributed by atoms with Gasteiger partial charge in [-0.1, -0.05) is 24.3 Å². The lowest BCUT2D eigenvalue weighted by Gasteiger charge is -2.24. The molecule has 118 valence electrons. The molecule has 1 fully saturated rings. The fourth-order valence-corrected chi connectivity index (χ4v) is 4.78. The highest BCUT2D eigenvalue weighted by molar-refractivity contribution is 7.89. The molecule has 0 aliphatic carbocycles. The molecule has 0 N–H and O–H groups in total. The molecule has 1 aliphatic heterocycles. The van der Waals surface area contributed by atoms with Crippen molar-refractivity contribution in [1.82, 2.24) is 4.31 Å². The van der Waals surface area contributed by atoms with E-state index in [1.807, 2.05) is 6.07 Å². The van der Waals surface area contributed by atoms with Crippen LogP contribution in [0.3, 0.4) is 0 Å². The summed E-state index contributed by atoms with van der Waals surface area (Å²) in [5.41, 5.74) is 0.902. The van der Waals surface area contributed by atoms with Gasteiger partial charge in [0, 0.05) is 6.54 Å². The number of hydrogen-bond acceptors (Lipinski definition) is 3. The monoisotopic (exact) mass is 330 g/mol. The first-order chi connectivity index (χ1) is 11.0. The van der Waals surface area contributed by atoms with Gasteiger partial charge in [-0.25, -0.2) is 12.8 Å². The van der Waals surface area contributed by atoms with Gasteiger partial charge in [0.2, 0.25) is 10.0 Å². The second kappa shape index (κ2) is 6.11. The third-order valence-electron chi connectivity index (χ3n) is 4.05. The Hall–Kier alpha value is -2.23. The SMILES string of the molecule is N#Cc1ccccc1S(=O)(=O)N1CCC[C@H]1c1ccc(F)cc1. The van der Waals surface area contributed by atoms with Crippen LogP contribution in [0.1, 0.15) is 30.0 Å². The van der Waals surface area contributed by atoms with Crippen molar-refractivity contribution in [1.29, 1.82) is 5.26 Å². The van der Waals surface area contributed by atoms with E-state index in [1.165, 1.54) is 28.6 Å². The summed E-state index contributed by atoms with van der Waals surface area (Å²) < 4.78 is 40.4. The first-order valence-corrected chi connectivity index (χ1v) is 8.74. The molecule has 1 saturated heterocycles. The highest BCUT2D eigenvalue weighted by Crippen LogP contribution is 2.37. The van der Waals surface area contributed by atoms with E-state index in [9.17, 15) is 12.8 Å². The van der Waals surface area contributed by atoms with Gasteiger partial charge in [0.1, 0.15) is 11.9 Å². The normalized spacial score (nSPS) is 18.7. The maximum atomic E-state index is 13.1. The molecular weight excluding hydrogens is 315 g/mol. The summed E-state index contributed by atoms with van der Waals surface area (Å²) in [6.45, 7) is 0.393. The topological polar surface area (TPSA) is 61.2 Å². The van der Waals surface area contributed by atoms with Crippen molar-refractivity contribution in [3.8, 4) is 6.07 Å². The Labute approximate surface area is 134 Å². The third kappa shape index (κ3) is 2.85. The molecule has 1 atom stereocenters. The van der Waals surface area contributed by atoms with Crippen molar-refractivity contribution in [2.24, 2.45) is 0 Å². The molecular formula is C17H15FN2O2S. The maximum absolute atomic E-state index is 13.1.